The fourth-order valence-corrected chi connectivity index (χ4v) is 1.61. The van der Waals surface area contributed by atoms with Crippen molar-refractivity contribution >= 4 is 17.4 Å². The Morgan fingerprint density at radius 1 is 1.44 bits per heavy atom. The minimum Gasteiger partial charge on any atom is -0.308 e. The van der Waals surface area contributed by atoms with E-state index >= 15 is 0 Å². The van der Waals surface area contributed by atoms with Gasteiger partial charge in [-0.25, -0.2) is 0 Å². The average molecular weight is 238 g/mol. The number of hydrogen-bond acceptors (Lipinski definition) is 2. The lowest BCUT2D eigenvalue weighted by Gasteiger charge is -2.16. The van der Waals surface area contributed by atoms with Gasteiger partial charge >= 0.3 is 0 Å². The van der Waals surface area contributed by atoms with Crippen molar-refractivity contribution in [2.75, 3.05) is 20.6 Å². The van der Waals surface area contributed by atoms with E-state index in [9.17, 15) is 4.79 Å². The van der Waals surface area contributed by atoms with Crippen molar-refractivity contribution in [3.8, 4) is 0 Å². The highest BCUT2D eigenvalue weighted by Crippen LogP contribution is 2.14. The molecule has 0 fully saturated rings. The van der Waals surface area contributed by atoms with Gasteiger partial charge in [-0.3, -0.25) is 4.79 Å². The van der Waals surface area contributed by atoms with Crippen LogP contribution in [0.1, 0.15) is 10.4 Å². The Balaban J connectivity index is 2.82. The maximum Gasteiger partial charge on any atom is 0.170 e. The number of ketones is 1. The normalized spacial score (nSPS) is 12.5. The van der Waals surface area contributed by atoms with Crippen LogP contribution in [0.3, 0.4) is 0 Å². The number of halogens is 1. The molecule has 0 aliphatic rings. The van der Waals surface area contributed by atoms with E-state index in [4.69, 9.17) is 11.6 Å². The van der Waals surface area contributed by atoms with Gasteiger partial charge in [0.1, 0.15) is 0 Å². The minimum atomic E-state index is -0.170. The average Bonchev–Trinajstić information content (AvgIpc) is 2.25. The molecule has 0 saturated heterocycles. The molecular formula is C13H16ClNO. The highest BCUT2D eigenvalue weighted by molar-refractivity contribution is 6.30. The standard InChI is InChI=1S/C13H16ClNO/c1-4-10(9-15(2)3)13(16)11-5-7-12(14)8-6-11/h4-8,10H,1,9H2,2-3H3. The van der Waals surface area contributed by atoms with E-state index in [1.165, 1.54) is 0 Å². The van der Waals surface area contributed by atoms with Crippen molar-refractivity contribution in [3.63, 3.8) is 0 Å². The van der Waals surface area contributed by atoms with Crippen LogP contribution >= 0.6 is 11.6 Å². The van der Waals surface area contributed by atoms with Crippen LogP contribution in [0.2, 0.25) is 5.02 Å². The molecule has 86 valence electrons. The summed E-state index contributed by atoms with van der Waals surface area (Å²) >= 11 is 5.77. The third kappa shape index (κ3) is 3.47. The van der Waals surface area contributed by atoms with E-state index in [0.29, 0.717) is 17.1 Å². The first-order valence-corrected chi connectivity index (χ1v) is 5.49. The third-order valence-electron chi connectivity index (χ3n) is 2.31. The maximum atomic E-state index is 12.1. The lowest BCUT2D eigenvalue weighted by Crippen LogP contribution is -2.26. The molecule has 0 aliphatic carbocycles. The van der Waals surface area contributed by atoms with Gasteiger partial charge in [-0.2, -0.15) is 0 Å². The molecule has 3 heteroatoms. The van der Waals surface area contributed by atoms with Crippen LogP contribution < -0.4 is 0 Å². The maximum absolute atomic E-state index is 12.1. The lowest BCUT2D eigenvalue weighted by atomic mass is 9.97. The predicted octanol–water partition coefficient (Wildman–Crippen LogP) is 2.89. The van der Waals surface area contributed by atoms with Crippen LogP contribution in [-0.2, 0) is 0 Å². The molecule has 1 rings (SSSR count). The molecule has 0 aliphatic heterocycles. The van der Waals surface area contributed by atoms with Gasteiger partial charge in [0.05, 0.1) is 5.92 Å². The Bertz CT molecular complexity index is 370. The molecule has 0 N–H and O–H groups in total. The Hall–Kier alpha value is -1.12. The number of Topliss-reactive ketones (excluding diaryl/α,β-unsaturated/α-hetero) is 1. The van der Waals surface area contributed by atoms with Crippen molar-refractivity contribution in [2.45, 2.75) is 0 Å². The zero-order valence-electron chi connectivity index (χ0n) is 9.61. The van der Waals surface area contributed by atoms with Gasteiger partial charge in [-0.15, -0.1) is 6.58 Å². The highest BCUT2D eigenvalue weighted by atomic mass is 35.5. The van der Waals surface area contributed by atoms with E-state index in [2.05, 4.69) is 6.58 Å². The summed E-state index contributed by atoms with van der Waals surface area (Å²) in [6.07, 6.45) is 1.69. The van der Waals surface area contributed by atoms with Crippen LogP contribution in [0, 0.1) is 5.92 Å². The summed E-state index contributed by atoms with van der Waals surface area (Å²) in [5.41, 5.74) is 0.677. The molecule has 2 nitrogen and oxygen atoms in total. The summed E-state index contributed by atoms with van der Waals surface area (Å²) in [6.45, 7) is 4.38. The molecule has 1 aromatic rings. The zero-order valence-corrected chi connectivity index (χ0v) is 10.4. The second kappa shape index (κ2) is 5.83. The van der Waals surface area contributed by atoms with E-state index < -0.39 is 0 Å². The summed E-state index contributed by atoms with van der Waals surface area (Å²) in [5, 5.41) is 0.638. The smallest absolute Gasteiger partial charge is 0.170 e. The number of nitrogens with zero attached hydrogens (tertiary/aromatic N) is 1. The van der Waals surface area contributed by atoms with Gasteiger partial charge in [0.15, 0.2) is 5.78 Å². The first-order valence-electron chi connectivity index (χ1n) is 5.11. The van der Waals surface area contributed by atoms with Crippen molar-refractivity contribution in [1.29, 1.82) is 0 Å². The largest absolute Gasteiger partial charge is 0.308 e. The Morgan fingerprint density at radius 2 is 2.00 bits per heavy atom. The molecule has 0 radical (unpaired) electrons. The van der Waals surface area contributed by atoms with Crippen LogP contribution in [0.25, 0.3) is 0 Å². The molecule has 1 unspecified atom stereocenters. The number of rotatable bonds is 5. The summed E-state index contributed by atoms with van der Waals surface area (Å²) in [4.78, 5) is 14.1. The fourth-order valence-electron chi connectivity index (χ4n) is 1.49. The SMILES string of the molecule is C=CC(CN(C)C)C(=O)c1ccc(Cl)cc1. The van der Waals surface area contributed by atoms with E-state index in [1.807, 2.05) is 19.0 Å². The van der Waals surface area contributed by atoms with E-state index in [1.54, 1.807) is 30.3 Å². The molecule has 0 saturated carbocycles. The van der Waals surface area contributed by atoms with Crippen LogP contribution in [0.4, 0.5) is 0 Å². The number of hydrogen-bond donors (Lipinski definition) is 0. The lowest BCUT2D eigenvalue weighted by molar-refractivity contribution is 0.0928. The number of carbonyl (C=O) groups is 1. The van der Waals surface area contributed by atoms with Crippen LogP contribution in [-0.4, -0.2) is 31.3 Å². The molecule has 0 amide bonds. The molecule has 1 aromatic carbocycles. The van der Waals surface area contributed by atoms with Crippen molar-refractivity contribution in [3.05, 3.63) is 47.5 Å². The van der Waals surface area contributed by atoms with Crippen LogP contribution in [0.5, 0.6) is 0 Å². The molecule has 0 bridgehead atoms. The number of benzene rings is 1. The first kappa shape index (κ1) is 12.9. The number of carbonyl (C=O) groups excluding carboxylic acids is 1. The van der Waals surface area contributed by atoms with Gasteiger partial charge in [0, 0.05) is 17.1 Å². The summed E-state index contributed by atoms with van der Waals surface area (Å²) < 4.78 is 0. The highest BCUT2D eigenvalue weighted by Gasteiger charge is 2.17. The summed E-state index contributed by atoms with van der Waals surface area (Å²) in [7, 11) is 3.87. The first-order chi connectivity index (χ1) is 7.54. The monoisotopic (exact) mass is 237 g/mol. The van der Waals surface area contributed by atoms with Gasteiger partial charge in [0.25, 0.3) is 0 Å². The van der Waals surface area contributed by atoms with Gasteiger partial charge < -0.3 is 4.90 Å². The summed E-state index contributed by atoms with van der Waals surface area (Å²) in [5.74, 6) is -0.0865. The van der Waals surface area contributed by atoms with Crippen molar-refractivity contribution in [2.24, 2.45) is 5.92 Å². The minimum absolute atomic E-state index is 0.0837. The zero-order chi connectivity index (χ0) is 12.1. The van der Waals surface area contributed by atoms with Gasteiger partial charge in [-0.1, -0.05) is 17.7 Å². The van der Waals surface area contributed by atoms with E-state index in [-0.39, 0.29) is 11.7 Å². The Kier molecular flexibility index (Phi) is 4.71. The molecular weight excluding hydrogens is 222 g/mol. The second-order valence-corrected chi connectivity index (χ2v) is 4.41. The van der Waals surface area contributed by atoms with Crippen molar-refractivity contribution < 1.29 is 4.79 Å². The molecule has 0 aromatic heterocycles. The van der Waals surface area contributed by atoms with Crippen molar-refractivity contribution in [1.82, 2.24) is 4.90 Å². The molecule has 0 spiro atoms. The van der Waals surface area contributed by atoms with Gasteiger partial charge in [-0.05, 0) is 38.4 Å². The fraction of sp³-hybridized carbons (Fsp3) is 0.308. The van der Waals surface area contributed by atoms with Crippen LogP contribution in [0.15, 0.2) is 36.9 Å². The van der Waals surface area contributed by atoms with Gasteiger partial charge in [0.2, 0.25) is 0 Å². The molecule has 0 heterocycles. The predicted molar refractivity (Wildman–Crippen MR) is 68.0 cm³/mol. The molecule has 16 heavy (non-hydrogen) atoms. The quantitative estimate of drug-likeness (QED) is 0.580. The summed E-state index contributed by atoms with van der Waals surface area (Å²) in [6, 6.07) is 6.95. The van der Waals surface area contributed by atoms with E-state index in [0.717, 1.165) is 0 Å². The molecule has 1 atom stereocenters. The second-order valence-electron chi connectivity index (χ2n) is 3.98. The topological polar surface area (TPSA) is 20.3 Å². The Morgan fingerprint density at radius 3 is 2.44 bits per heavy atom. The third-order valence-corrected chi connectivity index (χ3v) is 2.56. The Labute approximate surface area is 102 Å².